The lowest BCUT2D eigenvalue weighted by molar-refractivity contribution is 0.247. The molecule has 1 N–H and O–H groups in total. The highest BCUT2D eigenvalue weighted by Gasteiger charge is 2.21. The van der Waals surface area contributed by atoms with Crippen LogP contribution in [0.2, 0.25) is 0 Å². The molecule has 0 aliphatic heterocycles. The molecule has 3 heteroatoms. The third kappa shape index (κ3) is 3.84. The smallest absolute Gasteiger partial charge is 0.0641 e. The Balaban J connectivity index is 2.56. The topological polar surface area (TPSA) is 29.9 Å². The summed E-state index contributed by atoms with van der Waals surface area (Å²) >= 11 is 0. The summed E-state index contributed by atoms with van der Waals surface area (Å²) in [7, 11) is 1.97. The van der Waals surface area contributed by atoms with E-state index in [1.807, 2.05) is 11.7 Å². The fourth-order valence-electron chi connectivity index (χ4n) is 1.81. The summed E-state index contributed by atoms with van der Waals surface area (Å²) in [4.78, 5) is 0. The van der Waals surface area contributed by atoms with Gasteiger partial charge in [-0.05, 0) is 31.7 Å². The Morgan fingerprint density at radius 2 is 1.94 bits per heavy atom. The van der Waals surface area contributed by atoms with Crippen molar-refractivity contribution in [1.29, 1.82) is 0 Å². The molecule has 2 unspecified atom stereocenters. The maximum absolute atomic E-state index is 4.38. The third-order valence-corrected chi connectivity index (χ3v) is 3.73. The molecule has 1 rings (SSSR count). The molecule has 1 aromatic rings. The Labute approximate surface area is 106 Å². The second-order valence-electron chi connectivity index (χ2n) is 6.24. The van der Waals surface area contributed by atoms with Crippen LogP contribution >= 0.6 is 0 Å². The maximum atomic E-state index is 4.38. The average molecular weight is 237 g/mol. The molecule has 0 fully saturated rings. The van der Waals surface area contributed by atoms with Crippen LogP contribution in [0.4, 0.5) is 0 Å². The number of hydrogen-bond acceptors (Lipinski definition) is 2. The zero-order valence-electron chi connectivity index (χ0n) is 12.3. The molecule has 0 amide bonds. The summed E-state index contributed by atoms with van der Waals surface area (Å²) in [5, 5.41) is 7.99. The molecule has 0 saturated heterocycles. The van der Waals surface area contributed by atoms with E-state index in [9.17, 15) is 0 Å². The van der Waals surface area contributed by atoms with Crippen LogP contribution in [-0.4, -0.2) is 16.3 Å². The normalized spacial score (nSPS) is 15.9. The van der Waals surface area contributed by atoms with Crippen LogP contribution < -0.4 is 5.32 Å². The maximum Gasteiger partial charge on any atom is 0.0641 e. The first kappa shape index (κ1) is 14.2. The SMILES string of the molecule is Cc1nn(C)cc1C(C)NCC(C)C(C)(C)C. The zero-order valence-corrected chi connectivity index (χ0v) is 12.3. The highest BCUT2D eigenvalue weighted by molar-refractivity contribution is 5.19. The van der Waals surface area contributed by atoms with Gasteiger partial charge in [-0.3, -0.25) is 4.68 Å². The Bertz CT molecular complexity index is 360. The number of nitrogens with zero attached hydrogens (tertiary/aromatic N) is 2. The van der Waals surface area contributed by atoms with Gasteiger partial charge in [-0.25, -0.2) is 0 Å². The van der Waals surface area contributed by atoms with Gasteiger partial charge >= 0.3 is 0 Å². The van der Waals surface area contributed by atoms with Crippen LogP contribution in [0.3, 0.4) is 0 Å². The molecule has 3 nitrogen and oxygen atoms in total. The van der Waals surface area contributed by atoms with Crippen LogP contribution in [0.25, 0.3) is 0 Å². The fraction of sp³-hybridized carbons (Fsp3) is 0.786. The van der Waals surface area contributed by atoms with Crippen LogP contribution in [0.5, 0.6) is 0 Å². The van der Waals surface area contributed by atoms with Crippen molar-refractivity contribution in [3.05, 3.63) is 17.5 Å². The molecule has 0 aliphatic rings. The van der Waals surface area contributed by atoms with Crippen molar-refractivity contribution in [2.75, 3.05) is 6.54 Å². The predicted molar refractivity (Wildman–Crippen MR) is 73.0 cm³/mol. The van der Waals surface area contributed by atoms with E-state index < -0.39 is 0 Å². The van der Waals surface area contributed by atoms with Crippen molar-refractivity contribution in [3.8, 4) is 0 Å². The largest absolute Gasteiger partial charge is 0.310 e. The first-order chi connectivity index (χ1) is 7.71. The first-order valence-electron chi connectivity index (χ1n) is 6.45. The molecule has 0 saturated carbocycles. The second-order valence-corrected chi connectivity index (χ2v) is 6.24. The lowest BCUT2D eigenvalue weighted by Crippen LogP contribution is -2.31. The Morgan fingerprint density at radius 1 is 1.35 bits per heavy atom. The van der Waals surface area contributed by atoms with E-state index in [2.05, 4.69) is 58.2 Å². The standard InChI is InChI=1S/C14H27N3/c1-10(14(4,5)6)8-15-11(2)13-9-17(7)16-12(13)3/h9-11,15H,8H2,1-7H3. The molecule has 17 heavy (non-hydrogen) atoms. The van der Waals surface area contributed by atoms with Gasteiger partial charge in [0.2, 0.25) is 0 Å². The minimum atomic E-state index is 0.358. The molecule has 0 aromatic carbocycles. The van der Waals surface area contributed by atoms with E-state index >= 15 is 0 Å². The lowest BCUT2D eigenvalue weighted by Gasteiger charge is -2.28. The molecule has 1 aromatic heterocycles. The third-order valence-electron chi connectivity index (χ3n) is 3.73. The summed E-state index contributed by atoms with van der Waals surface area (Å²) in [6.45, 7) is 14.5. The number of aryl methyl sites for hydroxylation is 2. The monoisotopic (exact) mass is 237 g/mol. The van der Waals surface area contributed by atoms with Gasteiger partial charge in [0.1, 0.15) is 0 Å². The second kappa shape index (κ2) is 5.21. The highest BCUT2D eigenvalue weighted by atomic mass is 15.3. The highest BCUT2D eigenvalue weighted by Crippen LogP contribution is 2.25. The van der Waals surface area contributed by atoms with Crippen LogP contribution in [0, 0.1) is 18.3 Å². The first-order valence-corrected chi connectivity index (χ1v) is 6.45. The van der Waals surface area contributed by atoms with Crippen molar-refractivity contribution in [2.45, 2.75) is 47.6 Å². The van der Waals surface area contributed by atoms with E-state index in [4.69, 9.17) is 0 Å². The van der Waals surface area contributed by atoms with E-state index in [0.29, 0.717) is 17.4 Å². The zero-order chi connectivity index (χ0) is 13.2. The number of hydrogen-bond donors (Lipinski definition) is 1. The van der Waals surface area contributed by atoms with Gasteiger partial charge < -0.3 is 5.32 Å². The number of aromatic nitrogens is 2. The van der Waals surface area contributed by atoms with Gasteiger partial charge in [-0.2, -0.15) is 5.10 Å². The molecule has 0 aliphatic carbocycles. The van der Waals surface area contributed by atoms with E-state index in [-0.39, 0.29) is 0 Å². The predicted octanol–water partition coefficient (Wildman–Crippen LogP) is 3.06. The van der Waals surface area contributed by atoms with Crippen molar-refractivity contribution in [1.82, 2.24) is 15.1 Å². The van der Waals surface area contributed by atoms with E-state index in [1.54, 1.807) is 0 Å². The lowest BCUT2D eigenvalue weighted by atomic mass is 9.82. The number of nitrogens with one attached hydrogen (secondary N) is 1. The van der Waals surface area contributed by atoms with Crippen molar-refractivity contribution >= 4 is 0 Å². The van der Waals surface area contributed by atoms with Gasteiger partial charge in [-0.1, -0.05) is 27.7 Å². The molecule has 2 atom stereocenters. The van der Waals surface area contributed by atoms with Gasteiger partial charge in [0, 0.05) is 24.8 Å². The Kier molecular flexibility index (Phi) is 4.36. The summed E-state index contributed by atoms with van der Waals surface area (Å²) in [6.07, 6.45) is 2.11. The van der Waals surface area contributed by atoms with Crippen LogP contribution in [0.15, 0.2) is 6.20 Å². The molecule has 0 radical (unpaired) electrons. The summed E-state index contributed by atoms with van der Waals surface area (Å²) in [6, 6.07) is 0.369. The van der Waals surface area contributed by atoms with E-state index in [1.165, 1.54) is 5.56 Å². The molecular weight excluding hydrogens is 210 g/mol. The van der Waals surface area contributed by atoms with Crippen LogP contribution in [0.1, 0.15) is 51.9 Å². The van der Waals surface area contributed by atoms with Crippen molar-refractivity contribution in [3.63, 3.8) is 0 Å². The van der Waals surface area contributed by atoms with Gasteiger partial charge in [-0.15, -0.1) is 0 Å². The summed E-state index contributed by atoms with van der Waals surface area (Å²) < 4.78 is 1.88. The average Bonchev–Trinajstić information content (AvgIpc) is 2.52. The molecule has 98 valence electrons. The van der Waals surface area contributed by atoms with Crippen molar-refractivity contribution < 1.29 is 0 Å². The Hall–Kier alpha value is -0.830. The van der Waals surface area contributed by atoms with Crippen LogP contribution in [-0.2, 0) is 7.05 Å². The Morgan fingerprint density at radius 3 is 2.35 bits per heavy atom. The van der Waals surface area contributed by atoms with Gasteiger partial charge in [0.15, 0.2) is 0 Å². The van der Waals surface area contributed by atoms with Gasteiger partial charge in [0.05, 0.1) is 5.69 Å². The molecule has 1 heterocycles. The number of rotatable bonds is 4. The fourth-order valence-corrected chi connectivity index (χ4v) is 1.81. The molecule has 0 spiro atoms. The minimum absolute atomic E-state index is 0.358. The molecule has 0 bridgehead atoms. The minimum Gasteiger partial charge on any atom is -0.310 e. The quantitative estimate of drug-likeness (QED) is 0.872. The molecular formula is C14H27N3. The summed E-state index contributed by atoms with van der Waals surface area (Å²) in [5.74, 6) is 0.655. The van der Waals surface area contributed by atoms with E-state index in [0.717, 1.165) is 12.2 Å². The van der Waals surface area contributed by atoms with Gasteiger partial charge in [0.25, 0.3) is 0 Å². The summed E-state index contributed by atoms with van der Waals surface area (Å²) in [5.41, 5.74) is 2.78. The van der Waals surface area contributed by atoms with Crippen molar-refractivity contribution in [2.24, 2.45) is 18.4 Å².